The van der Waals surface area contributed by atoms with Crippen LogP contribution < -0.4 is 4.90 Å². The van der Waals surface area contributed by atoms with Crippen molar-refractivity contribution >= 4 is 54.9 Å². The third-order valence-corrected chi connectivity index (χ3v) is 7.08. The number of likely N-dealkylation sites (tertiary alicyclic amines) is 1. The molecular weight excluding hydrogens is 444 g/mol. The van der Waals surface area contributed by atoms with Crippen molar-refractivity contribution in [2.45, 2.75) is 25.8 Å². The molecule has 1 aromatic carbocycles. The van der Waals surface area contributed by atoms with Crippen LogP contribution in [0.5, 0.6) is 0 Å². The van der Waals surface area contributed by atoms with E-state index < -0.39 is 0 Å². The molecule has 0 atom stereocenters. The lowest BCUT2D eigenvalue weighted by Gasteiger charge is -2.36. The second kappa shape index (κ2) is 7.66. The number of aromatic nitrogens is 2. The molecule has 1 aliphatic rings. The van der Waals surface area contributed by atoms with Crippen LogP contribution in [0.1, 0.15) is 17.7 Å². The molecule has 142 valence electrons. The van der Waals surface area contributed by atoms with Crippen LogP contribution in [0.4, 0.5) is 5.82 Å². The Hall–Kier alpha value is -1.21. The van der Waals surface area contributed by atoms with Gasteiger partial charge in [0.1, 0.15) is 10.6 Å². The third-order valence-electron chi connectivity index (χ3n) is 5.38. The molecule has 1 fully saturated rings. The maximum atomic E-state index is 6.30. The van der Waals surface area contributed by atoms with Crippen LogP contribution in [0.2, 0.25) is 5.28 Å². The fraction of sp³-hybridized carbons (Fsp3) is 0.400. The van der Waals surface area contributed by atoms with Gasteiger partial charge >= 0.3 is 0 Å². The number of aryl methyl sites for hydroxylation is 1. The van der Waals surface area contributed by atoms with Crippen LogP contribution in [-0.2, 0) is 0 Å². The van der Waals surface area contributed by atoms with E-state index in [4.69, 9.17) is 11.6 Å². The fourth-order valence-electron chi connectivity index (χ4n) is 3.84. The van der Waals surface area contributed by atoms with E-state index in [0.717, 1.165) is 46.4 Å². The van der Waals surface area contributed by atoms with E-state index in [1.807, 2.05) is 0 Å². The summed E-state index contributed by atoms with van der Waals surface area (Å²) in [5.41, 5.74) is 2.40. The summed E-state index contributed by atoms with van der Waals surface area (Å²) in [5, 5.41) is 1.44. The summed E-state index contributed by atoms with van der Waals surface area (Å²) in [4.78, 5) is 16.1. The van der Waals surface area contributed by atoms with E-state index in [2.05, 4.69) is 81.0 Å². The Balaban J connectivity index is 1.85. The number of hydrogen-bond acceptors (Lipinski definition) is 5. The van der Waals surface area contributed by atoms with Crippen molar-refractivity contribution in [3.8, 4) is 11.1 Å². The van der Waals surface area contributed by atoms with Crippen LogP contribution in [0.25, 0.3) is 21.3 Å². The molecule has 0 amide bonds. The summed E-state index contributed by atoms with van der Waals surface area (Å²) < 4.78 is 1.08. The molecule has 0 saturated carbocycles. The minimum Gasteiger partial charge on any atom is -0.356 e. The predicted octanol–water partition coefficient (Wildman–Crippen LogP) is 5.61. The SMILES string of the molecule is Cc1sc2nc(Cl)nc(N(C)C3CCN(C)CC3)c2c1-c1ccc(Br)cc1. The molecule has 0 bridgehead atoms. The largest absolute Gasteiger partial charge is 0.356 e. The molecule has 1 aliphatic heterocycles. The fourth-order valence-corrected chi connectivity index (χ4v) is 5.36. The summed E-state index contributed by atoms with van der Waals surface area (Å²) in [5.74, 6) is 0.946. The van der Waals surface area contributed by atoms with Crippen molar-refractivity contribution < 1.29 is 0 Å². The maximum absolute atomic E-state index is 6.30. The molecule has 27 heavy (non-hydrogen) atoms. The van der Waals surface area contributed by atoms with E-state index in [9.17, 15) is 0 Å². The second-order valence-corrected chi connectivity index (χ2v) is 9.64. The lowest BCUT2D eigenvalue weighted by atomic mass is 10.0. The first-order chi connectivity index (χ1) is 12.9. The first-order valence-corrected chi connectivity index (χ1v) is 11.1. The molecular formula is C20H22BrClN4S. The lowest BCUT2D eigenvalue weighted by molar-refractivity contribution is 0.252. The highest BCUT2D eigenvalue weighted by atomic mass is 79.9. The van der Waals surface area contributed by atoms with Crippen molar-refractivity contribution in [2.24, 2.45) is 0 Å². The average molecular weight is 466 g/mol. The predicted molar refractivity (Wildman–Crippen MR) is 119 cm³/mol. The van der Waals surface area contributed by atoms with E-state index in [1.165, 1.54) is 16.0 Å². The van der Waals surface area contributed by atoms with Crippen LogP contribution in [0.15, 0.2) is 28.7 Å². The van der Waals surface area contributed by atoms with Gasteiger partial charge < -0.3 is 9.80 Å². The Morgan fingerprint density at radius 1 is 1.19 bits per heavy atom. The van der Waals surface area contributed by atoms with Crippen LogP contribution >= 0.6 is 38.9 Å². The van der Waals surface area contributed by atoms with E-state index in [1.54, 1.807) is 11.3 Å². The zero-order valence-electron chi connectivity index (χ0n) is 15.7. The summed E-state index contributed by atoms with van der Waals surface area (Å²) in [6.45, 7) is 4.37. The quantitative estimate of drug-likeness (QED) is 0.470. The zero-order valence-corrected chi connectivity index (χ0v) is 18.8. The number of hydrogen-bond donors (Lipinski definition) is 0. The maximum Gasteiger partial charge on any atom is 0.225 e. The highest BCUT2D eigenvalue weighted by molar-refractivity contribution is 9.10. The Kier molecular flexibility index (Phi) is 5.43. The molecule has 4 rings (SSSR count). The standard InChI is InChI=1S/C20H22BrClN4S/c1-12-16(13-4-6-14(21)7-5-13)17-18(23-20(22)24-19(17)27-12)26(3)15-8-10-25(2)11-9-15/h4-7,15H,8-11H2,1-3H3. The summed E-state index contributed by atoms with van der Waals surface area (Å²) in [7, 11) is 4.33. The average Bonchev–Trinajstić information content (AvgIpc) is 2.97. The van der Waals surface area contributed by atoms with Crippen molar-refractivity contribution in [3.63, 3.8) is 0 Å². The number of rotatable bonds is 3. The first-order valence-electron chi connectivity index (χ1n) is 9.08. The number of piperidine rings is 1. The van der Waals surface area contributed by atoms with Crippen molar-refractivity contribution in [1.82, 2.24) is 14.9 Å². The number of halogens is 2. The molecule has 7 heteroatoms. The minimum atomic E-state index is 0.320. The molecule has 4 nitrogen and oxygen atoms in total. The molecule has 2 aromatic heterocycles. The number of benzene rings is 1. The minimum absolute atomic E-state index is 0.320. The number of thiophene rings is 1. The molecule has 3 aromatic rings. The molecule has 1 saturated heterocycles. The summed E-state index contributed by atoms with van der Waals surface area (Å²) >= 11 is 11.5. The van der Waals surface area contributed by atoms with Gasteiger partial charge in [-0.25, -0.2) is 4.98 Å². The van der Waals surface area contributed by atoms with E-state index in [0.29, 0.717) is 11.3 Å². The molecule has 3 heterocycles. The Morgan fingerprint density at radius 2 is 1.85 bits per heavy atom. The first kappa shape index (κ1) is 19.1. The monoisotopic (exact) mass is 464 g/mol. The Morgan fingerprint density at radius 3 is 2.52 bits per heavy atom. The molecule has 0 N–H and O–H groups in total. The smallest absolute Gasteiger partial charge is 0.225 e. The zero-order chi connectivity index (χ0) is 19.1. The van der Waals surface area contributed by atoms with E-state index >= 15 is 0 Å². The van der Waals surface area contributed by atoms with Gasteiger partial charge in [0.2, 0.25) is 5.28 Å². The van der Waals surface area contributed by atoms with Gasteiger partial charge in [0.25, 0.3) is 0 Å². The summed E-state index contributed by atoms with van der Waals surface area (Å²) in [6.07, 6.45) is 2.26. The third kappa shape index (κ3) is 3.73. The topological polar surface area (TPSA) is 32.3 Å². The number of nitrogens with zero attached hydrogens (tertiary/aromatic N) is 4. The van der Waals surface area contributed by atoms with Crippen molar-refractivity contribution in [1.29, 1.82) is 0 Å². The van der Waals surface area contributed by atoms with Gasteiger partial charge in [-0.3, -0.25) is 0 Å². The molecule has 0 unspecified atom stereocenters. The van der Waals surface area contributed by atoms with Gasteiger partial charge in [-0.15, -0.1) is 11.3 Å². The van der Waals surface area contributed by atoms with Gasteiger partial charge in [0.05, 0.1) is 5.39 Å². The van der Waals surface area contributed by atoms with Crippen LogP contribution in [0, 0.1) is 6.92 Å². The van der Waals surface area contributed by atoms with Gasteiger partial charge in [-0.1, -0.05) is 28.1 Å². The normalized spacial score (nSPS) is 16.2. The van der Waals surface area contributed by atoms with Gasteiger partial charge in [0.15, 0.2) is 0 Å². The highest BCUT2D eigenvalue weighted by Crippen LogP contribution is 2.43. The Labute approximate surface area is 177 Å². The van der Waals surface area contributed by atoms with E-state index in [-0.39, 0.29) is 0 Å². The van der Waals surface area contributed by atoms with Crippen molar-refractivity contribution in [2.75, 3.05) is 32.1 Å². The molecule has 0 radical (unpaired) electrons. The van der Waals surface area contributed by atoms with Crippen molar-refractivity contribution in [3.05, 3.63) is 38.9 Å². The number of anilines is 1. The van der Waals surface area contributed by atoms with Crippen LogP contribution in [0.3, 0.4) is 0 Å². The van der Waals surface area contributed by atoms with Gasteiger partial charge in [-0.05, 0) is 69.2 Å². The Bertz CT molecular complexity index is 964. The van der Waals surface area contributed by atoms with Gasteiger partial charge in [0, 0.05) is 28.0 Å². The lowest BCUT2D eigenvalue weighted by Crippen LogP contribution is -2.42. The second-order valence-electron chi connectivity index (χ2n) is 7.18. The summed E-state index contributed by atoms with van der Waals surface area (Å²) in [6, 6.07) is 8.91. The van der Waals surface area contributed by atoms with Gasteiger partial charge in [-0.2, -0.15) is 4.98 Å². The number of fused-ring (bicyclic) bond motifs is 1. The molecule has 0 spiro atoms. The van der Waals surface area contributed by atoms with Crippen LogP contribution in [-0.4, -0.2) is 48.1 Å². The molecule has 0 aliphatic carbocycles. The highest BCUT2D eigenvalue weighted by Gasteiger charge is 2.26.